The monoisotopic (exact) mass is 398 g/mol. The number of carbonyl (C=O) groups is 3. The molecule has 28 heavy (non-hydrogen) atoms. The third kappa shape index (κ3) is 3.51. The van der Waals surface area contributed by atoms with Crippen LogP contribution >= 0.6 is 11.6 Å². The molecule has 0 unspecified atom stereocenters. The van der Waals surface area contributed by atoms with Crippen LogP contribution in [-0.2, 0) is 14.3 Å². The Kier molecular flexibility index (Phi) is 5.51. The van der Waals surface area contributed by atoms with E-state index in [0.29, 0.717) is 5.69 Å². The molecule has 0 atom stereocenters. The number of nitrogens with zero attached hydrogens (tertiary/aromatic N) is 1. The molecule has 3 rings (SSSR count). The van der Waals surface area contributed by atoms with E-state index in [0.717, 1.165) is 16.0 Å². The van der Waals surface area contributed by atoms with Crippen LogP contribution < -0.4 is 10.2 Å². The Bertz CT molecular complexity index is 1010. The standard InChI is InChI=1S/C21H19ClN2O4/c1-4-28-21(27)14-7-5-6-8-16(14)24-19(25)17(22)18(20(24)26)23-15-11-12(2)9-10-13(15)3/h5-11,23H,4H2,1-3H3. The van der Waals surface area contributed by atoms with Crippen LogP contribution in [0, 0.1) is 13.8 Å². The van der Waals surface area contributed by atoms with Gasteiger partial charge in [-0.1, -0.05) is 35.9 Å². The first-order valence-corrected chi connectivity index (χ1v) is 9.12. The number of rotatable bonds is 5. The van der Waals surface area contributed by atoms with Crippen molar-refractivity contribution in [3.63, 3.8) is 0 Å². The summed E-state index contributed by atoms with van der Waals surface area (Å²) >= 11 is 6.19. The summed E-state index contributed by atoms with van der Waals surface area (Å²) in [5, 5.41) is 2.74. The van der Waals surface area contributed by atoms with E-state index in [1.807, 2.05) is 32.0 Å². The number of para-hydroxylation sites is 1. The van der Waals surface area contributed by atoms with E-state index in [2.05, 4.69) is 5.32 Å². The number of anilines is 2. The molecule has 0 bridgehead atoms. The Morgan fingerprint density at radius 1 is 1.11 bits per heavy atom. The maximum atomic E-state index is 13.0. The van der Waals surface area contributed by atoms with Gasteiger partial charge in [0.15, 0.2) is 0 Å². The van der Waals surface area contributed by atoms with Crippen LogP contribution in [0.1, 0.15) is 28.4 Å². The van der Waals surface area contributed by atoms with Gasteiger partial charge in [0.05, 0.1) is 17.9 Å². The third-order valence-corrected chi connectivity index (χ3v) is 4.67. The van der Waals surface area contributed by atoms with Gasteiger partial charge >= 0.3 is 5.97 Å². The van der Waals surface area contributed by atoms with Gasteiger partial charge in [0.25, 0.3) is 11.8 Å². The minimum atomic E-state index is -0.698. The van der Waals surface area contributed by atoms with E-state index in [4.69, 9.17) is 16.3 Å². The number of imide groups is 1. The maximum Gasteiger partial charge on any atom is 0.340 e. The van der Waals surface area contributed by atoms with Crippen LogP contribution in [0.15, 0.2) is 53.2 Å². The van der Waals surface area contributed by atoms with Gasteiger partial charge in [0.1, 0.15) is 10.7 Å². The fourth-order valence-corrected chi connectivity index (χ4v) is 3.10. The normalized spacial score (nSPS) is 13.9. The summed E-state index contributed by atoms with van der Waals surface area (Å²) < 4.78 is 5.03. The second-order valence-corrected chi connectivity index (χ2v) is 6.69. The van der Waals surface area contributed by atoms with Crippen LogP contribution in [-0.4, -0.2) is 24.4 Å². The summed E-state index contributed by atoms with van der Waals surface area (Å²) in [6.45, 7) is 5.65. The van der Waals surface area contributed by atoms with Crippen LogP contribution in [0.25, 0.3) is 0 Å². The molecular weight excluding hydrogens is 380 g/mol. The minimum absolute atomic E-state index is 0.0287. The molecule has 1 N–H and O–H groups in total. The van der Waals surface area contributed by atoms with Gasteiger partial charge in [0.2, 0.25) is 0 Å². The molecule has 1 aliphatic rings. The number of nitrogens with one attached hydrogen (secondary N) is 1. The highest BCUT2D eigenvalue weighted by Gasteiger charge is 2.40. The average molecular weight is 399 g/mol. The van der Waals surface area contributed by atoms with Crippen molar-refractivity contribution in [2.75, 3.05) is 16.8 Å². The van der Waals surface area contributed by atoms with Crippen LogP contribution in [0.5, 0.6) is 0 Å². The van der Waals surface area contributed by atoms with Crippen LogP contribution in [0.3, 0.4) is 0 Å². The molecule has 2 aromatic rings. The SMILES string of the molecule is CCOC(=O)c1ccccc1N1C(=O)C(Cl)=C(Nc2cc(C)ccc2C)C1=O. The van der Waals surface area contributed by atoms with Crippen molar-refractivity contribution in [2.45, 2.75) is 20.8 Å². The first-order valence-electron chi connectivity index (χ1n) is 8.74. The number of ether oxygens (including phenoxy) is 1. The first-order chi connectivity index (χ1) is 13.3. The number of carbonyl (C=O) groups excluding carboxylic acids is 3. The van der Waals surface area contributed by atoms with Gasteiger partial charge in [-0.3, -0.25) is 9.59 Å². The molecule has 6 nitrogen and oxygen atoms in total. The Hall–Kier alpha value is -3.12. The molecule has 0 aliphatic carbocycles. The molecule has 0 spiro atoms. The molecule has 0 saturated carbocycles. The van der Waals surface area contributed by atoms with E-state index >= 15 is 0 Å². The number of amides is 2. The molecule has 2 aromatic carbocycles. The van der Waals surface area contributed by atoms with E-state index in [9.17, 15) is 14.4 Å². The average Bonchev–Trinajstić information content (AvgIpc) is 2.88. The second kappa shape index (κ2) is 7.86. The highest BCUT2D eigenvalue weighted by atomic mass is 35.5. The third-order valence-electron chi connectivity index (χ3n) is 4.32. The molecule has 1 heterocycles. The smallest absolute Gasteiger partial charge is 0.340 e. The molecule has 2 amide bonds. The summed E-state index contributed by atoms with van der Waals surface area (Å²) in [4.78, 5) is 38.9. The Morgan fingerprint density at radius 3 is 2.54 bits per heavy atom. The Morgan fingerprint density at radius 2 is 1.82 bits per heavy atom. The topological polar surface area (TPSA) is 75.7 Å². The van der Waals surface area contributed by atoms with E-state index in [1.165, 1.54) is 12.1 Å². The van der Waals surface area contributed by atoms with Gasteiger partial charge in [-0.15, -0.1) is 0 Å². The lowest BCUT2D eigenvalue weighted by Gasteiger charge is -2.18. The zero-order chi connectivity index (χ0) is 20.4. The van der Waals surface area contributed by atoms with Crippen LogP contribution in [0.4, 0.5) is 11.4 Å². The fraction of sp³-hybridized carbons (Fsp3) is 0.190. The summed E-state index contributed by atoms with van der Waals surface area (Å²) in [7, 11) is 0. The molecule has 0 radical (unpaired) electrons. The molecule has 0 fully saturated rings. The van der Waals surface area contributed by atoms with Gasteiger partial charge in [-0.2, -0.15) is 0 Å². The summed E-state index contributed by atoms with van der Waals surface area (Å²) in [5.74, 6) is -1.95. The van der Waals surface area contributed by atoms with Crippen LogP contribution in [0.2, 0.25) is 0 Å². The lowest BCUT2D eigenvalue weighted by Crippen LogP contribution is -2.33. The lowest BCUT2D eigenvalue weighted by molar-refractivity contribution is -0.120. The number of hydrogen-bond donors (Lipinski definition) is 1. The van der Waals surface area contributed by atoms with Gasteiger partial charge in [0, 0.05) is 5.69 Å². The number of halogens is 1. The molecule has 0 aromatic heterocycles. The highest BCUT2D eigenvalue weighted by Crippen LogP contribution is 2.33. The quantitative estimate of drug-likeness (QED) is 0.610. The van der Waals surface area contributed by atoms with Crippen molar-refractivity contribution >= 4 is 40.8 Å². The number of aryl methyl sites for hydroxylation is 2. The van der Waals surface area contributed by atoms with Crippen molar-refractivity contribution in [1.29, 1.82) is 0 Å². The summed E-state index contributed by atoms with van der Waals surface area (Å²) in [6, 6.07) is 12.0. The predicted molar refractivity (Wildman–Crippen MR) is 107 cm³/mol. The minimum Gasteiger partial charge on any atom is -0.462 e. The maximum absolute atomic E-state index is 13.0. The molecule has 0 saturated heterocycles. The van der Waals surface area contributed by atoms with Gasteiger partial charge in [-0.05, 0) is 50.1 Å². The van der Waals surface area contributed by atoms with Crippen molar-refractivity contribution in [1.82, 2.24) is 0 Å². The number of hydrogen-bond acceptors (Lipinski definition) is 5. The Balaban J connectivity index is 1.98. The molecule has 144 valence electrons. The highest BCUT2D eigenvalue weighted by molar-refractivity contribution is 6.53. The van der Waals surface area contributed by atoms with Crippen molar-refractivity contribution in [3.05, 3.63) is 69.9 Å². The van der Waals surface area contributed by atoms with Crippen molar-refractivity contribution < 1.29 is 19.1 Å². The zero-order valence-electron chi connectivity index (χ0n) is 15.7. The Labute approximate surface area is 167 Å². The molecular formula is C21H19ClN2O4. The summed E-state index contributed by atoms with van der Waals surface area (Å²) in [6.07, 6.45) is 0. The molecule has 1 aliphatic heterocycles. The van der Waals surface area contributed by atoms with E-state index in [-0.39, 0.29) is 28.6 Å². The lowest BCUT2D eigenvalue weighted by atomic mass is 10.1. The van der Waals surface area contributed by atoms with Crippen molar-refractivity contribution in [2.24, 2.45) is 0 Å². The fourth-order valence-electron chi connectivity index (χ4n) is 2.89. The van der Waals surface area contributed by atoms with Gasteiger partial charge in [-0.25, -0.2) is 9.69 Å². The predicted octanol–water partition coefficient (Wildman–Crippen LogP) is 3.92. The summed E-state index contributed by atoms with van der Waals surface area (Å²) in [5.41, 5.74) is 2.78. The zero-order valence-corrected chi connectivity index (χ0v) is 16.5. The largest absolute Gasteiger partial charge is 0.462 e. The number of benzene rings is 2. The van der Waals surface area contributed by atoms with Gasteiger partial charge < -0.3 is 10.1 Å². The van der Waals surface area contributed by atoms with E-state index in [1.54, 1.807) is 19.1 Å². The molecule has 7 heteroatoms. The second-order valence-electron chi connectivity index (χ2n) is 6.32. The first kappa shape index (κ1) is 19.6. The van der Waals surface area contributed by atoms with Crippen molar-refractivity contribution in [3.8, 4) is 0 Å². The number of esters is 1. The van der Waals surface area contributed by atoms with E-state index < -0.39 is 17.8 Å².